The van der Waals surface area contributed by atoms with Crippen LogP contribution in [0.3, 0.4) is 0 Å². The minimum Gasteiger partial charge on any atom is -0.384 e. The van der Waals surface area contributed by atoms with Gasteiger partial charge in [0.05, 0.1) is 12.7 Å². The number of amidine groups is 1. The first-order valence-electron chi connectivity index (χ1n) is 7.11. The zero-order valence-electron chi connectivity index (χ0n) is 12.2. The predicted molar refractivity (Wildman–Crippen MR) is 78.2 cm³/mol. The summed E-state index contributed by atoms with van der Waals surface area (Å²) < 4.78 is 19.3. The molecule has 0 saturated heterocycles. The summed E-state index contributed by atoms with van der Waals surface area (Å²) in [7, 11) is 0. The van der Waals surface area contributed by atoms with Gasteiger partial charge in [-0.3, -0.25) is 5.41 Å². The molecule has 1 saturated carbocycles. The van der Waals surface area contributed by atoms with Crippen LogP contribution in [0.2, 0.25) is 0 Å². The molecule has 110 valence electrons. The molecule has 3 nitrogen and oxygen atoms in total. The van der Waals surface area contributed by atoms with Crippen molar-refractivity contribution in [1.29, 1.82) is 5.41 Å². The van der Waals surface area contributed by atoms with Crippen molar-refractivity contribution in [3.05, 3.63) is 35.1 Å². The fourth-order valence-electron chi connectivity index (χ4n) is 2.64. The molecule has 0 atom stereocenters. The van der Waals surface area contributed by atoms with Crippen LogP contribution in [0.25, 0.3) is 0 Å². The molecule has 1 fully saturated rings. The van der Waals surface area contributed by atoms with Crippen LogP contribution in [0.1, 0.15) is 50.7 Å². The first-order chi connectivity index (χ1) is 9.35. The zero-order chi connectivity index (χ0) is 14.8. The maximum absolute atomic E-state index is 13.4. The largest absolute Gasteiger partial charge is 0.384 e. The van der Waals surface area contributed by atoms with Gasteiger partial charge in [-0.15, -0.1) is 0 Å². The van der Waals surface area contributed by atoms with E-state index in [0.29, 0.717) is 17.6 Å². The Morgan fingerprint density at radius 3 is 2.60 bits per heavy atom. The van der Waals surface area contributed by atoms with Gasteiger partial charge < -0.3 is 10.5 Å². The van der Waals surface area contributed by atoms with Gasteiger partial charge in [0.1, 0.15) is 11.7 Å². The second kappa shape index (κ2) is 5.92. The topological polar surface area (TPSA) is 59.1 Å². The third-order valence-electron chi connectivity index (χ3n) is 4.04. The Kier molecular flexibility index (Phi) is 4.43. The van der Waals surface area contributed by atoms with Gasteiger partial charge in [-0.25, -0.2) is 4.39 Å². The van der Waals surface area contributed by atoms with Crippen LogP contribution in [-0.4, -0.2) is 11.9 Å². The highest BCUT2D eigenvalue weighted by Crippen LogP contribution is 2.36. The molecular formula is C16H23FN2O. The molecular weight excluding hydrogens is 255 g/mol. The first kappa shape index (κ1) is 15.0. The van der Waals surface area contributed by atoms with Crippen molar-refractivity contribution in [3.8, 4) is 0 Å². The summed E-state index contributed by atoms with van der Waals surface area (Å²) in [5.41, 5.74) is 6.96. The number of benzene rings is 1. The molecule has 3 N–H and O–H groups in total. The molecule has 20 heavy (non-hydrogen) atoms. The van der Waals surface area contributed by atoms with E-state index in [0.717, 1.165) is 18.4 Å². The van der Waals surface area contributed by atoms with Gasteiger partial charge in [-0.05, 0) is 54.9 Å². The molecule has 0 heterocycles. The number of rotatable bonds is 4. The van der Waals surface area contributed by atoms with Gasteiger partial charge >= 0.3 is 0 Å². The number of nitrogens with one attached hydrogen (secondary N) is 1. The van der Waals surface area contributed by atoms with Gasteiger partial charge in [0.15, 0.2) is 0 Å². The summed E-state index contributed by atoms with van der Waals surface area (Å²) in [4.78, 5) is 0. The van der Waals surface area contributed by atoms with Crippen molar-refractivity contribution in [2.45, 2.75) is 52.2 Å². The van der Waals surface area contributed by atoms with Gasteiger partial charge in [0.25, 0.3) is 0 Å². The number of halogens is 1. The molecule has 1 aromatic carbocycles. The highest BCUT2D eigenvalue weighted by molar-refractivity contribution is 5.95. The van der Waals surface area contributed by atoms with Crippen LogP contribution in [-0.2, 0) is 11.3 Å². The summed E-state index contributed by atoms with van der Waals surface area (Å²) >= 11 is 0. The highest BCUT2D eigenvalue weighted by atomic mass is 19.1. The lowest BCUT2D eigenvalue weighted by molar-refractivity contribution is -0.00566. The lowest BCUT2D eigenvalue weighted by Crippen LogP contribution is -2.26. The molecule has 4 heteroatoms. The van der Waals surface area contributed by atoms with Crippen molar-refractivity contribution in [3.63, 3.8) is 0 Å². The summed E-state index contributed by atoms with van der Waals surface area (Å²) in [5.74, 6) is -0.494. The Hall–Kier alpha value is -1.42. The SMILES string of the molecule is CC1(C)CCC(OCc2cc(F)cc(C(=N)N)c2)CC1. The minimum absolute atomic E-state index is 0.120. The van der Waals surface area contributed by atoms with E-state index < -0.39 is 0 Å². The lowest BCUT2D eigenvalue weighted by Gasteiger charge is -2.34. The van der Waals surface area contributed by atoms with Gasteiger partial charge in [-0.1, -0.05) is 13.8 Å². The average molecular weight is 278 g/mol. The third kappa shape index (κ3) is 4.04. The molecule has 2 rings (SSSR count). The van der Waals surface area contributed by atoms with Crippen molar-refractivity contribution < 1.29 is 9.13 Å². The molecule has 0 spiro atoms. The second-order valence-corrected chi connectivity index (χ2v) is 6.44. The maximum Gasteiger partial charge on any atom is 0.124 e. The summed E-state index contributed by atoms with van der Waals surface area (Å²) in [6.07, 6.45) is 4.70. The van der Waals surface area contributed by atoms with Crippen LogP contribution in [0, 0.1) is 16.6 Å². The first-order valence-corrected chi connectivity index (χ1v) is 7.11. The van der Waals surface area contributed by atoms with Crippen molar-refractivity contribution in [2.24, 2.45) is 11.1 Å². The van der Waals surface area contributed by atoms with E-state index in [2.05, 4.69) is 13.8 Å². The molecule has 0 aromatic heterocycles. The molecule has 0 unspecified atom stereocenters. The standard InChI is InChI=1S/C16H23FN2O/c1-16(2)5-3-14(4-6-16)20-10-11-7-12(15(18)19)9-13(17)8-11/h7-9,14H,3-6,10H2,1-2H3,(H3,18,19). The Balaban J connectivity index is 1.93. The summed E-state index contributed by atoms with van der Waals surface area (Å²) in [6, 6.07) is 4.44. The molecule has 0 aliphatic heterocycles. The van der Waals surface area contributed by atoms with E-state index in [-0.39, 0.29) is 17.8 Å². The molecule has 1 aromatic rings. The fraction of sp³-hybridized carbons (Fsp3) is 0.562. The van der Waals surface area contributed by atoms with Crippen LogP contribution >= 0.6 is 0 Å². The molecule has 1 aliphatic carbocycles. The van der Waals surface area contributed by atoms with Crippen molar-refractivity contribution in [1.82, 2.24) is 0 Å². The Morgan fingerprint density at radius 1 is 1.35 bits per heavy atom. The van der Waals surface area contributed by atoms with E-state index in [1.54, 1.807) is 6.07 Å². The normalized spacial score (nSPS) is 18.9. The number of nitrogen functional groups attached to an aromatic ring is 1. The second-order valence-electron chi connectivity index (χ2n) is 6.44. The molecule has 1 aliphatic rings. The zero-order valence-corrected chi connectivity index (χ0v) is 12.2. The molecule has 0 amide bonds. The van der Waals surface area contributed by atoms with Crippen LogP contribution < -0.4 is 5.73 Å². The lowest BCUT2D eigenvalue weighted by atomic mass is 9.76. The Morgan fingerprint density at radius 2 is 2.00 bits per heavy atom. The predicted octanol–water partition coefficient (Wildman–Crippen LogP) is 3.60. The van der Waals surface area contributed by atoms with Crippen molar-refractivity contribution in [2.75, 3.05) is 0 Å². The van der Waals surface area contributed by atoms with E-state index in [4.69, 9.17) is 15.9 Å². The highest BCUT2D eigenvalue weighted by Gasteiger charge is 2.27. The third-order valence-corrected chi connectivity index (χ3v) is 4.04. The van der Waals surface area contributed by atoms with E-state index >= 15 is 0 Å². The van der Waals surface area contributed by atoms with E-state index in [1.807, 2.05) is 0 Å². The monoisotopic (exact) mass is 278 g/mol. The summed E-state index contributed by atoms with van der Waals surface area (Å²) in [6.45, 7) is 4.95. The maximum atomic E-state index is 13.4. The summed E-state index contributed by atoms with van der Waals surface area (Å²) in [5, 5.41) is 7.37. The Labute approximate surface area is 119 Å². The Bertz CT molecular complexity index is 489. The minimum atomic E-state index is -0.374. The van der Waals surface area contributed by atoms with Crippen LogP contribution in [0.15, 0.2) is 18.2 Å². The molecule has 0 bridgehead atoms. The number of nitrogens with two attached hydrogens (primary N) is 1. The number of hydrogen-bond donors (Lipinski definition) is 2. The fourth-order valence-corrected chi connectivity index (χ4v) is 2.64. The van der Waals surface area contributed by atoms with Gasteiger partial charge in [0.2, 0.25) is 0 Å². The van der Waals surface area contributed by atoms with E-state index in [9.17, 15) is 4.39 Å². The van der Waals surface area contributed by atoms with Crippen LogP contribution in [0.4, 0.5) is 4.39 Å². The van der Waals surface area contributed by atoms with Gasteiger partial charge in [0, 0.05) is 5.56 Å². The van der Waals surface area contributed by atoms with Crippen LogP contribution in [0.5, 0.6) is 0 Å². The van der Waals surface area contributed by atoms with Gasteiger partial charge in [-0.2, -0.15) is 0 Å². The number of hydrogen-bond acceptors (Lipinski definition) is 2. The average Bonchev–Trinajstić information content (AvgIpc) is 2.37. The smallest absolute Gasteiger partial charge is 0.124 e. The van der Waals surface area contributed by atoms with Crippen molar-refractivity contribution >= 4 is 5.84 Å². The van der Waals surface area contributed by atoms with E-state index in [1.165, 1.54) is 25.0 Å². The number of ether oxygens (including phenoxy) is 1. The quantitative estimate of drug-likeness (QED) is 0.653. The molecule has 0 radical (unpaired) electrons.